The predicted octanol–water partition coefficient (Wildman–Crippen LogP) is 4.10. The molecule has 0 fully saturated rings. The second kappa shape index (κ2) is 9.24. The van der Waals surface area contributed by atoms with Gasteiger partial charge in [0.15, 0.2) is 6.10 Å². The number of benzene rings is 2. The summed E-state index contributed by atoms with van der Waals surface area (Å²) in [6.45, 7) is 1.43. The Bertz CT molecular complexity index is 1020. The second-order valence-corrected chi connectivity index (χ2v) is 7.44. The van der Waals surface area contributed by atoms with Crippen LogP contribution >= 0.6 is 11.3 Å². The molecule has 1 aromatic heterocycles. The molecule has 2 aromatic carbocycles. The highest BCUT2D eigenvalue weighted by molar-refractivity contribution is 7.18. The summed E-state index contributed by atoms with van der Waals surface area (Å²) in [6, 6.07) is 13.6. The molecule has 0 saturated carbocycles. The minimum Gasteiger partial charge on any atom is -0.453 e. The summed E-state index contributed by atoms with van der Waals surface area (Å²) >= 11 is 1.59. The first-order chi connectivity index (χ1) is 13.9. The van der Waals surface area contributed by atoms with Crippen molar-refractivity contribution in [2.45, 2.75) is 32.3 Å². The highest BCUT2D eigenvalue weighted by Crippen LogP contribution is 2.24. The van der Waals surface area contributed by atoms with Crippen LogP contribution in [0.1, 0.15) is 24.8 Å². The zero-order chi connectivity index (χ0) is 20.8. The number of thiazole rings is 1. The minimum atomic E-state index is -1.07. The molecule has 9 heteroatoms. The maximum absolute atomic E-state index is 12.2. The third-order valence-corrected chi connectivity index (χ3v) is 5.24. The Morgan fingerprint density at radius 3 is 2.69 bits per heavy atom. The number of aromatic nitrogens is 1. The molecule has 0 radical (unpaired) electrons. The van der Waals surface area contributed by atoms with Crippen molar-refractivity contribution in [3.05, 3.63) is 63.7 Å². The molecule has 1 N–H and O–H groups in total. The molecule has 1 amide bonds. The largest absolute Gasteiger partial charge is 0.453 e. The Balaban J connectivity index is 1.47. The van der Waals surface area contributed by atoms with Gasteiger partial charge in [-0.25, -0.2) is 4.98 Å². The summed E-state index contributed by atoms with van der Waals surface area (Å²) in [4.78, 5) is 39.2. The van der Waals surface area contributed by atoms with Crippen molar-refractivity contribution in [1.29, 1.82) is 0 Å². The molecule has 0 aliphatic heterocycles. The van der Waals surface area contributed by atoms with Gasteiger partial charge in [0.2, 0.25) is 0 Å². The van der Waals surface area contributed by atoms with Crippen molar-refractivity contribution in [3.63, 3.8) is 0 Å². The van der Waals surface area contributed by atoms with Gasteiger partial charge >= 0.3 is 5.97 Å². The van der Waals surface area contributed by atoms with Gasteiger partial charge in [-0.3, -0.25) is 19.7 Å². The van der Waals surface area contributed by atoms with Gasteiger partial charge in [0.25, 0.3) is 11.6 Å². The molecule has 0 spiro atoms. The van der Waals surface area contributed by atoms with Crippen LogP contribution in [0.25, 0.3) is 10.2 Å². The number of carbonyl (C=O) groups is 2. The van der Waals surface area contributed by atoms with Gasteiger partial charge in [0, 0.05) is 12.5 Å². The molecule has 8 nitrogen and oxygen atoms in total. The average Bonchev–Trinajstić information content (AvgIpc) is 3.10. The number of rotatable bonds is 8. The summed E-state index contributed by atoms with van der Waals surface area (Å²) in [5, 5.41) is 14.4. The Morgan fingerprint density at radius 1 is 1.21 bits per heavy atom. The SMILES string of the molecule is C[C@@H](OC(=O)CCCc1nc2ccccc2s1)C(=O)Nc1ccccc1[N+](=O)[O-]. The maximum Gasteiger partial charge on any atom is 0.306 e. The number of esters is 1. The lowest BCUT2D eigenvalue weighted by Crippen LogP contribution is -2.30. The molecular formula is C20H19N3O5S. The maximum atomic E-state index is 12.2. The van der Waals surface area contributed by atoms with Gasteiger partial charge in [0.05, 0.1) is 20.1 Å². The minimum absolute atomic E-state index is 0.0567. The Kier molecular flexibility index (Phi) is 6.50. The Morgan fingerprint density at radius 2 is 1.93 bits per heavy atom. The van der Waals surface area contributed by atoms with Crippen molar-refractivity contribution in [2.75, 3.05) is 5.32 Å². The van der Waals surface area contributed by atoms with E-state index >= 15 is 0 Å². The summed E-state index contributed by atoms with van der Waals surface area (Å²) in [5.74, 6) is -1.13. The average molecular weight is 413 g/mol. The highest BCUT2D eigenvalue weighted by atomic mass is 32.1. The topological polar surface area (TPSA) is 111 Å². The lowest BCUT2D eigenvalue weighted by Gasteiger charge is -2.13. The second-order valence-electron chi connectivity index (χ2n) is 6.32. The molecule has 0 unspecified atom stereocenters. The van der Waals surface area contributed by atoms with Gasteiger partial charge in [-0.05, 0) is 38.0 Å². The van der Waals surface area contributed by atoms with Gasteiger partial charge < -0.3 is 10.1 Å². The van der Waals surface area contributed by atoms with Gasteiger partial charge in [0.1, 0.15) is 5.69 Å². The van der Waals surface area contributed by atoms with E-state index in [0.717, 1.165) is 15.2 Å². The summed E-state index contributed by atoms with van der Waals surface area (Å²) in [7, 11) is 0. The third-order valence-electron chi connectivity index (χ3n) is 4.15. The lowest BCUT2D eigenvalue weighted by molar-refractivity contribution is -0.383. The van der Waals surface area contributed by atoms with Crippen LogP contribution in [-0.2, 0) is 20.7 Å². The first-order valence-electron chi connectivity index (χ1n) is 9.02. The van der Waals surface area contributed by atoms with Crippen LogP contribution in [0, 0.1) is 10.1 Å². The number of ether oxygens (including phenoxy) is 1. The quantitative estimate of drug-likeness (QED) is 0.338. The number of nitrogens with one attached hydrogen (secondary N) is 1. The Labute approximate surface area is 170 Å². The highest BCUT2D eigenvalue weighted by Gasteiger charge is 2.21. The number of fused-ring (bicyclic) bond motifs is 1. The predicted molar refractivity (Wildman–Crippen MR) is 110 cm³/mol. The molecule has 3 aromatic rings. The summed E-state index contributed by atoms with van der Waals surface area (Å²) < 4.78 is 6.25. The van der Waals surface area contributed by atoms with Crippen LogP contribution in [0.5, 0.6) is 0 Å². The molecule has 0 bridgehead atoms. The normalized spacial score (nSPS) is 11.8. The fraction of sp³-hybridized carbons (Fsp3) is 0.250. The van der Waals surface area contributed by atoms with Crippen molar-refractivity contribution in [3.8, 4) is 0 Å². The van der Waals surface area contributed by atoms with E-state index in [1.54, 1.807) is 17.4 Å². The number of nitro benzene ring substituents is 1. The number of para-hydroxylation sites is 3. The van der Waals surface area contributed by atoms with Crippen LogP contribution in [-0.4, -0.2) is 27.9 Å². The van der Waals surface area contributed by atoms with Crippen LogP contribution in [0.3, 0.4) is 0 Å². The van der Waals surface area contributed by atoms with E-state index in [0.29, 0.717) is 12.8 Å². The van der Waals surface area contributed by atoms with Crippen LogP contribution < -0.4 is 5.32 Å². The first-order valence-corrected chi connectivity index (χ1v) is 9.84. The standard InChI is InChI=1S/C20H19N3O5S/c1-13(20(25)22-14-7-2-4-9-16(14)23(26)27)28-19(24)12-6-11-18-21-15-8-3-5-10-17(15)29-18/h2-5,7-10,13H,6,11-12H2,1H3,(H,22,25)/t13-/m1/s1. The molecule has 29 heavy (non-hydrogen) atoms. The molecule has 1 heterocycles. The lowest BCUT2D eigenvalue weighted by atomic mass is 10.2. The van der Waals surface area contributed by atoms with Gasteiger partial charge in [-0.2, -0.15) is 0 Å². The summed E-state index contributed by atoms with van der Waals surface area (Å²) in [6.07, 6.45) is 0.284. The third kappa shape index (κ3) is 5.35. The van der Waals surface area contributed by atoms with E-state index in [9.17, 15) is 19.7 Å². The van der Waals surface area contributed by atoms with E-state index in [4.69, 9.17) is 4.74 Å². The molecular weight excluding hydrogens is 394 g/mol. The molecule has 0 aliphatic carbocycles. The van der Waals surface area contributed by atoms with Crippen LogP contribution in [0.4, 0.5) is 11.4 Å². The number of hydrogen-bond donors (Lipinski definition) is 1. The smallest absolute Gasteiger partial charge is 0.306 e. The first kappa shape index (κ1) is 20.4. The number of hydrogen-bond acceptors (Lipinski definition) is 7. The van der Waals surface area contributed by atoms with Gasteiger partial charge in [-0.1, -0.05) is 24.3 Å². The van der Waals surface area contributed by atoms with Crippen LogP contribution in [0.2, 0.25) is 0 Å². The van der Waals surface area contributed by atoms with E-state index in [2.05, 4.69) is 10.3 Å². The molecule has 3 rings (SSSR count). The Hall–Kier alpha value is -3.33. The molecule has 1 atom stereocenters. The monoisotopic (exact) mass is 413 g/mol. The van der Waals surface area contributed by atoms with Crippen molar-refractivity contribution in [1.82, 2.24) is 4.98 Å². The zero-order valence-corrected chi connectivity index (χ0v) is 16.5. The van der Waals surface area contributed by atoms with Crippen LogP contribution in [0.15, 0.2) is 48.5 Å². The number of anilines is 1. The number of nitro groups is 1. The van der Waals surface area contributed by atoms with Crippen molar-refractivity contribution >= 4 is 44.8 Å². The molecule has 0 saturated heterocycles. The number of nitrogens with zero attached hydrogens (tertiary/aromatic N) is 2. The van der Waals surface area contributed by atoms with E-state index in [1.165, 1.54) is 25.1 Å². The van der Waals surface area contributed by atoms with Crippen molar-refractivity contribution < 1.29 is 19.2 Å². The summed E-state index contributed by atoms with van der Waals surface area (Å²) in [5.41, 5.74) is 0.770. The van der Waals surface area contributed by atoms with E-state index < -0.39 is 22.9 Å². The van der Waals surface area contributed by atoms with E-state index in [-0.39, 0.29) is 17.8 Å². The fourth-order valence-electron chi connectivity index (χ4n) is 2.69. The van der Waals surface area contributed by atoms with E-state index in [1.807, 2.05) is 24.3 Å². The number of carbonyl (C=O) groups excluding carboxylic acids is 2. The zero-order valence-electron chi connectivity index (χ0n) is 15.7. The fourth-order valence-corrected chi connectivity index (χ4v) is 3.70. The number of amides is 1. The number of aryl methyl sites for hydroxylation is 1. The molecule has 0 aliphatic rings. The van der Waals surface area contributed by atoms with Gasteiger partial charge in [-0.15, -0.1) is 11.3 Å². The molecule has 150 valence electrons. The van der Waals surface area contributed by atoms with Crippen molar-refractivity contribution in [2.24, 2.45) is 0 Å².